The Balaban J connectivity index is 1.49. The molecular weight excluding hydrogens is 310 g/mol. The lowest BCUT2D eigenvalue weighted by molar-refractivity contribution is -0.671. The van der Waals surface area contributed by atoms with Gasteiger partial charge in [-0.05, 0) is 25.0 Å². The summed E-state index contributed by atoms with van der Waals surface area (Å²) in [7, 11) is 8.06. The molecule has 2 heterocycles. The smallest absolute Gasteiger partial charge is 0.191 e. The van der Waals surface area contributed by atoms with E-state index in [9.17, 15) is 0 Å². The fraction of sp³-hybridized carbons (Fsp3) is 0.412. The number of aryl methyl sites for hydroxylation is 3. The Kier molecular flexibility index (Phi) is 7.60. The highest BCUT2D eigenvalue weighted by Crippen LogP contribution is 2.22. The van der Waals surface area contributed by atoms with Crippen LogP contribution >= 0.6 is 21.6 Å². The van der Waals surface area contributed by atoms with E-state index in [2.05, 4.69) is 64.4 Å². The van der Waals surface area contributed by atoms with Gasteiger partial charge in [0.1, 0.15) is 14.1 Å². The molecule has 0 fully saturated rings. The minimum absolute atomic E-state index is 1.01. The quantitative estimate of drug-likeness (QED) is 0.432. The van der Waals surface area contributed by atoms with Gasteiger partial charge in [-0.25, -0.2) is 9.13 Å². The predicted octanol–water partition coefficient (Wildman–Crippen LogP) is 2.76. The van der Waals surface area contributed by atoms with E-state index in [0.717, 1.165) is 12.3 Å². The summed E-state index contributed by atoms with van der Waals surface area (Å²) in [5, 5.41) is 3.45. The molecule has 0 spiro atoms. The standard InChI is InChI=1S/C17H25N3S2/c1-19-10-3-6-16(14-19)7-5-12-21-22-13-9-18-17-8-4-11-20(2)15-17/h3-4,6,8,10-11,14-15,18H,5,7,9,12-13H2,1-2H3/q+2. The lowest BCUT2D eigenvalue weighted by Gasteiger charge is -2.04. The minimum atomic E-state index is 1.01. The lowest BCUT2D eigenvalue weighted by atomic mass is 10.2. The zero-order chi connectivity index (χ0) is 15.6. The summed E-state index contributed by atoms with van der Waals surface area (Å²) in [5.74, 6) is 2.34. The fourth-order valence-electron chi connectivity index (χ4n) is 2.18. The molecule has 2 aromatic rings. The third-order valence-electron chi connectivity index (χ3n) is 3.23. The van der Waals surface area contributed by atoms with Crippen LogP contribution in [0.4, 0.5) is 5.69 Å². The molecule has 0 atom stereocenters. The summed E-state index contributed by atoms with van der Waals surface area (Å²) in [6, 6.07) is 8.50. The SMILES string of the molecule is C[n+]1cccc(CCCSSCCNc2ccc[n+](C)c2)c1. The Bertz CT molecular complexity index is 524. The van der Waals surface area contributed by atoms with Crippen LogP contribution in [0.2, 0.25) is 0 Å². The van der Waals surface area contributed by atoms with E-state index in [4.69, 9.17) is 0 Å². The Morgan fingerprint density at radius 1 is 0.955 bits per heavy atom. The molecule has 1 N–H and O–H groups in total. The first-order valence-electron chi connectivity index (χ1n) is 7.62. The van der Waals surface area contributed by atoms with Crippen molar-refractivity contribution >= 4 is 27.3 Å². The van der Waals surface area contributed by atoms with E-state index < -0.39 is 0 Å². The minimum Gasteiger partial charge on any atom is -0.379 e. The highest BCUT2D eigenvalue weighted by atomic mass is 33.1. The van der Waals surface area contributed by atoms with Crippen molar-refractivity contribution in [1.29, 1.82) is 0 Å². The van der Waals surface area contributed by atoms with Crippen LogP contribution in [0.15, 0.2) is 49.1 Å². The highest BCUT2D eigenvalue weighted by molar-refractivity contribution is 8.76. The molecule has 0 radical (unpaired) electrons. The fourth-order valence-corrected chi connectivity index (χ4v) is 4.17. The summed E-state index contributed by atoms with van der Waals surface area (Å²) in [5.41, 5.74) is 2.61. The van der Waals surface area contributed by atoms with Gasteiger partial charge >= 0.3 is 0 Å². The first-order chi connectivity index (χ1) is 10.7. The second-order valence-corrected chi connectivity index (χ2v) is 8.01. The summed E-state index contributed by atoms with van der Waals surface area (Å²) in [4.78, 5) is 0. The van der Waals surface area contributed by atoms with E-state index in [1.165, 1.54) is 29.8 Å². The molecule has 0 saturated carbocycles. The van der Waals surface area contributed by atoms with Gasteiger partial charge in [0, 0.05) is 35.7 Å². The molecule has 0 aliphatic carbocycles. The molecule has 0 saturated heterocycles. The van der Waals surface area contributed by atoms with Crippen molar-refractivity contribution in [1.82, 2.24) is 0 Å². The highest BCUT2D eigenvalue weighted by Gasteiger charge is 1.99. The molecule has 0 aliphatic rings. The number of hydrogen-bond acceptors (Lipinski definition) is 3. The third-order valence-corrected chi connectivity index (χ3v) is 5.72. The van der Waals surface area contributed by atoms with Crippen LogP contribution in [0.1, 0.15) is 12.0 Å². The van der Waals surface area contributed by atoms with Crippen molar-refractivity contribution in [3.05, 3.63) is 54.6 Å². The first-order valence-corrected chi connectivity index (χ1v) is 10.1. The molecule has 2 aromatic heterocycles. The van der Waals surface area contributed by atoms with Crippen LogP contribution in [0.3, 0.4) is 0 Å². The Hall–Kier alpha value is -1.20. The molecule has 0 unspecified atom stereocenters. The largest absolute Gasteiger partial charge is 0.379 e. The number of rotatable bonds is 9. The average molecular weight is 336 g/mol. The Morgan fingerprint density at radius 3 is 2.45 bits per heavy atom. The molecule has 2 rings (SSSR count). The molecule has 0 amide bonds. The predicted molar refractivity (Wildman–Crippen MR) is 97.0 cm³/mol. The topological polar surface area (TPSA) is 19.8 Å². The molecule has 118 valence electrons. The van der Waals surface area contributed by atoms with Gasteiger partial charge in [-0.15, -0.1) is 0 Å². The monoisotopic (exact) mass is 335 g/mol. The van der Waals surface area contributed by atoms with Crippen molar-refractivity contribution in [3.8, 4) is 0 Å². The van der Waals surface area contributed by atoms with Gasteiger partial charge in [-0.3, -0.25) is 0 Å². The Labute approximate surface area is 141 Å². The maximum atomic E-state index is 3.45. The maximum absolute atomic E-state index is 3.45. The van der Waals surface area contributed by atoms with Gasteiger partial charge in [0.15, 0.2) is 24.8 Å². The van der Waals surface area contributed by atoms with Crippen LogP contribution in [0.25, 0.3) is 0 Å². The van der Waals surface area contributed by atoms with Gasteiger partial charge < -0.3 is 5.32 Å². The zero-order valence-electron chi connectivity index (χ0n) is 13.4. The van der Waals surface area contributed by atoms with Gasteiger partial charge in [0.05, 0.1) is 5.69 Å². The van der Waals surface area contributed by atoms with Crippen molar-refractivity contribution in [3.63, 3.8) is 0 Å². The van der Waals surface area contributed by atoms with E-state index in [1.54, 1.807) is 0 Å². The lowest BCUT2D eigenvalue weighted by Crippen LogP contribution is -2.26. The Morgan fingerprint density at radius 2 is 1.68 bits per heavy atom. The number of nitrogens with one attached hydrogen (secondary N) is 1. The van der Waals surface area contributed by atoms with Crippen molar-refractivity contribution in [2.24, 2.45) is 14.1 Å². The number of hydrogen-bond donors (Lipinski definition) is 1. The first kappa shape index (κ1) is 17.2. The summed E-state index contributed by atoms with van der Waals surface area (Å²) >= 11 is 0. The van der Waals surface area contributed by atoms with Crippen LogP contribution in [-0.2, 0) is 20.5 Å². The van der Waals surface area contributed by atoms with E-state index in [-0.39, 0.29) is 0 Å². The van der Waals surface area contributed by atoms with Gasteiger partial charge in [-0.1, -0.05) is 21.6 Å². The van der Waals surface area contributed by atoms with E-state index in [0.29, 0.717) is 0 Å². The molecule has 0 aliphatic heterocycles. The summed E-state index contributed by atoms with van der Waals surface area (Å²) < 4.78 is 4.18. The van der Waals surface area contributed by atoms with Crippen LogP contribution in [-0.4, -0.2) is 18.1 Å². The summed E-state index contributed by atoms with van der Waals surface area (Å²) in [6.45, 7) is 1.01. The second kappa shape index (κ2) is 9.74. The van der Waals surface area contributed by atoms with Crippen LogP contribution in [0, 0.1) is 0 Å². The number of nitrogens with zero attached hydrogens (tertiary/aromatic N) is 2. The van der Waals surface area contributed by atoms with Crippen LogP contribution in [0.5, 0.6) is 0 Å². The maximum Gasteiger partial charge on any atom is 0.191 e. The van der Waals surface area contributed by atoms with Crippen molar-refractivity contribution < 1.29 is 9.13 Å². The number of pyridine rings is 2. The zero-order valence-corrected chi connectivity index (χ0v) is 15.0. The number of aromatic nitrogens is 2. The molecule has 22 heavy (non-hydrogen) atoms. The van der Waals surface area contributed by atoms with E-state index >= 15 is 0 Å². The van der Waals surface area contributed by atoms with Crippen molar-refractivity contribution in [2.45, 2.75) is 12.8 Å². The molecule has 0 bridgehead atoms. The van der Waals surface area contributed by atoms with Gasteiger partial charge in [-0.2, -0.15) is 0 Å². The molecule has 0 aromatic carbocycles. The van der Waals surface area contributed by atoms with Gasteiger partial charge in [0.2, 0.25) is 0 Å². The molecular formula is C17H25N3S2+2. The van der Waals surface area contributed by atoms with Crippen LogP contribution < -0.4 is 14.5 Å². The molecule has 5 heteroatoms. The summed E-state index contributed by atoms with van der Waals surface area (Å²) in [6.07, 6.45) is 10.8. The normalized spacial score (nSPS) is 10.6. The number of anilines is 1. The van der Waals surface area contributed by atoms with Gasteiger partial charge in [0.25, 0.3) is 0 Å². The third kappa shape index (κ3) is 6.71. The second-order valence-electron chi connectivity index (χ2n) is 5.31. The van der Waals surface area contributed by atoms with E-state index in [1.807, 2.05) is 34.8 Å². The van der Waals surface area contributed by atoms with Crippen molar-refractivity contribution in [2.75, 3.05) is 23.4 Å². The average Bonchev–Trinajstić information content (AvgIpc) is 2.50. The molecule has 3 nitrogen and oxygen atoms in total.